The Morgan fingerprint density at radius 1 is 0.885 bits per heavy atom. The van der Waals surface area contributed by atoms with Crippen molar-refractivity contribution in [3.05, 3.63) is 129 Å². The number of rotatable bonds is 9. The number of carbonyl (C=O) groups excluding carboxylic acids is 1. The van der Waals surface area contributed by atoms with Gasteiger partial charge in [0.15, 0.2) is 5.65 Å². The minimum atomic E-state index is -0.682. The van der Waals surface area contributed by atoms with Crippen LogP contribution in [0.3, 0.4) is 0 Å². The summed E-state index contributed by atoms with van der Waals surface area (Å²) in [6.07, 6.45) is 4.74. The van der Waals surface area contributed by atoms with Crippen LogP contribution in [0, 0.1) is 5.82 Å². The number of nitrogens with one attached hydrogen (secondary N) is 1. The molecule has 2 aliphatic rings. The van der Waals surface area contributed by atoms with Crippen LogP contribution < -0.4 is 22.3 Å². The van der Waals surface area contributed by atoms with Crippen molar-refractivity contribution in [2.45, 2.75) is 63.2 Å². The maximum absolute atomic E-state index is 14.6. The molecule has 3 heterocycles. The van der Waals surface area contributed by atoms with Gasteiger partial charge >= 0.3 is 5.69 Å². The standard InChI is InChI=1S/C41H46FN7O3/c1-46-19-6-20-47(22-21-46)27-29-11-13-30(14-12-29)31-9-5-10-35(24-31)48-38-36(25-32(42)26-44-38)40(51)49(41(48)52)34-17-15-33(16-18-34)45-39(50)37(43)23-28-7-3-2-4-8-28/h2-5,7-14,24-26,33-34,37H,6,15-23,27,43H2,1H3,(H,45,50)/t33-,34+,37-/m0/s1. The lowest BCUT2D eigenvalue weighted by Gasteiger charge is -2.31. The molecule has 270 valence electrons. The molecule has 1 aliphatic carbocycles. The van der Waals surface area contributed by atoms with Gasteiger partial charge in [-0.25, -0.2) is 18.7 Å². The molecule has 10 nitrogen and oxygen atoms in total. The van der Waals surface area contributed by atoms with E-state index >= 15 is 0 Å². The molecule has 3 N–H and O–H groups in total. The fraction of sp³-hybridized carbons (Fsp3) is 0.366. The molecular weight excluding hydrogens is 657 g/mol. The summed E-state index contributed by atoms with van der Waals surface area (Å²) >= 11 is 0. The Kier molecular flexibility index (Phi) is 10.7. The molecule has 5 aromatic rings. The third-order valence-corrected chi connectivity index (χ3v) is 10.5. The van der Waals surface area contributed by atoms with E-state index in [4.69, 9.17) is 5.73 Å². The normalized spacial score (nSPS) is 19.3. The lowest BCUT2D eigenvalue weighted by Crippen LogP contribution is -2.49. The van der Waals surface area contributed by atoms with Gasteiger partial charge < -0.3 is 16.0 Å². The lowest BCUT2D eigenvalue weighted by molar-refractivity contribution is -0.123. The van der Waals surface area contributed by atoms with Crippen LogP contribution in [-0.2, 0) is 17.8 Å². The van der Waals surface area contributed by atoms with Gasteiger partial charge in [-0.05, 0) is 99.1 Å². The smallest absolute Gasteiger partial charge is 0.337 e. The SMILES string of the molecule is CN1CCCN(Cc2ccc(-c3cccc(-n4c(=O)n([C@H]5CC[C@@H](NC(=O)[C@@H](N)Cc6ccccc6)CC5)c(=O)c5cc(F)cnc54)c3)cc2)CC1. The Balaban J connectivity index is 1.11. The molecule has 0 spiro atoms. The molecule has 11 heteroatoms. The van der Waals surface area contributed by atoms with E-state index in [1.807, 2.05) is 48.5 Å². The highest BCUT2D eigenvalue weighted by Gasteiger charge is 2.29. The molecule has 0 radical (unpaired) electrons. The number of benzene rings is 3. The highest BCUT2D eigenvalue weighted by Crippen LogP contribution is 2.28. The monoisotopic (exact) mass is 703 g/mol. The van der Waals surface area contributed by atoms with Gasteiger partial charge in [0.25, 0.3) is 5.56 Å². The summed E-state index contributed by atoms with van der Waals surface area (Å²) in [6.45, 7) is 5.22. The average molecular weight is 704 g/mol. The summed E-state index contributed by atoms with van der Waals surface area (Å²) in [7, 11) is 2.17. The number of hydrogen-bond acceptors (Lipinski definition) is 7. The molecule has 1 saturated carbocycles. The van der Waals surface area contributed by atoms with Crippen molar-refractivity contribution >= 4 is 16.9 Å². The molecule has 2 fully saturated rings. The minimum Gasteiger partial charge on any atom is -0.352 e. The van der Waals surface area contributed by atoms with E-state index in [1.54, 1.807) is 6.07 Å². The van der Waals surface area contributed by atoms with Crippen LogP contribution in [0.15, 0.2) is 101 Å². The Bertz CT molecular complexity index is 2140. The number of hydrogen-bond donors (Lipinski definition) is 2. The number of carbonyl (C=O) groups is 1. The second-order valence-electron chi connectivity index (χ2n) is 14.3. The van der Waals surface area contributed by atoms with Gasteiger partial charge in [0.05, 0.1) is 23.3 Å². The summed E-state index contributed by atoms with van der Waals surface area (Å²) in [4.78, 5) is 50.2. The molecular formula is C41H46FN7O3. The first kappa shape index (κ1) is 35.4. The van der Waals surface area contributed by atoms with Crippen molar-refractivity contribution < 1.29 is 9.18 Å². The Hall–Kier alpha value is -4.97. The van der Waals surface area contributed by atoms with Gasteiger partial charge in [-0.1, -0.05) is 66.7 Å². The van der Waals surface area contributed by atoms with Crippen LogP contribution in [0.25, 0.3) is 27.8 Å². The van der Waals surface area contributed by atoms with Gasteiger partial charge in [0.2, 0.25) is 5.91 Å². The lowest BCUT2D eigenvalue weighted by atomic mass is 9.90. The predicted molar refractivity (Wildman–Crippen MR) is 202 cm³/mol. The molecule has 0 unspecified atom stereocenters. The maximum atomic E-state index is 14.6. The third-order valence-electron chi connectivity index (χ3n) is 10.5. The fourth-order valence-corrected chi connectivity index (χ4v) is 7.63. The Labute approximate surface area is 302 Å². The second kappa shape index (κ2) is 15.7. The number of amides is 1. The van der Waals surface area contributed by atoms with Crippen LogP contribution in [0.5, 0.6) is 0 Å². The summed E-state index contributed by atoms with van der Waals surface area (Å²) in [5.41, 5.74) is 9.90. The van der Waals surface area contributed by atoms with Gasteiger partial charge in [-0.3, -0.25) is 19.1 Å². The first-order valence-electron chi connectivity index (χ1n) is 18.3. The average Bonchev–Trinajstić information content (AvgIpc) is 3.36. The predicted octanol–water partition coefficient (Wildman–Crippen LogP) is 4.66. The van der Waals surface area contributed by atoms with Crippen molar-refractivity contribution in [2.24, 2.45) is 5.73 Å². The van der Waals surface area contributed by atoms with Crippen LogP contribution in [-0.4, -0.2) is 75.1 Å². The third kappa shape index (κ3) is 7.91. The zero-order valence-corrected chi connectivity index (χ0v) is 29.6. The number of nitrogens with two attached hydrogens (primary N) is 1. The zero-order chi connectivity index (χ0) is 36.2. The summed E-state index contributed by atoms with van der Waals surface area (Å²) in [6, 6.07) is 25.6. The zero-order valence-electron chi connectivity index (χ0n) is 29.6. The van der Waals surface area contributed by atoms with Crippen molar-refractivity contribution in [2.75, 3.05) is 33.2 Å². The number of nitrogens with zero attached hydrogens (tertiary/aromatic N) is 5. The summed E-state index contributed by atoms with van der Waals surface area (Å²) in [5.74, 6) is -0.875. The Morgan fingerprint density at radius 2 is 1.65 bits per heavy atom. The van der Waals surface area contributed by atoms with E-state index in [0.717, 1.165) is 68.1 Å². The number of aromatic nitrogens is 3. The molecule has 0 bridgehead atoms. The van der Waals surface area contributed by atoms with Crippen molar-refractivity contribution in [3.63, 3.8) is 0 Å². The highest BCUT2D eigenvalue weighted by molar-refractivity contribution is 5.82. The first-order chi connectivity index (χ1) is 25.2. The number of fused-ring (bicyclic) bond motifs is 1. The first-order valence-corrected chi connectivity index (χ1v) is 18.3. The molecule has 2 aromatic heterocycles. The molecule has 1 saturated heterocycles. The summed E-state index contributed by atoms with van der Waals surface area (Å²) in [5, 5.41) is 3.10. The van der Waals surface area contributed by atoms with Crippen molar-refractivity contribution in [1.29, 1.82) is 0 Å². The maximum Gasteiger partial charge on any atom is 0.337 e. The van der Waals surface area contributed by atoms with Crippen molar-refractivity contribution in [1.82, 2.24) is 29.2 Å². The summed E-state index contributed by atoms with van der Waals surface area (Å²) < 4.78 is 17.2. The molecule has 7 rings (SSSR count). The van der Waals surface area contributed by atoms with E-state index in [-0.39, 0.29) is 23.0 Å². The van der Waals surface area contributed by atoms with E-state index in [9.17, 15) is 18.8 Å². The number of likely N-dealkylation sites (N-methyl/N-ethyl adjacent to an activating group) is 1. The Morgan fingerprint density at radius 3 is 2.42 bits per heavy atom. The van der Waals surface area contributed by atoms with E-state index in [1.165, 1.54) is 14.7 Å². The molecule has 1 amide bonds. The van der Waals surface area contributed by atoms with Gasteiger partial charge in [-0.2, -0.15) is 0 Å². The van der Waals surface area contributed by atoms with E-state index in [2.05, 4.69) is 51.4 Å². The largest absolute Gasteiger partial charge is 0.352 e. The number of pyridine rings is 1. The van der Waals surface area contributed by atoms with Crippen LogP contribution in [0.4, 0.5) is 4.39 Å². The topological polar surface area (TPSA) is 118 Å². The van der Waals surface area contributed by atoms with Gasteiger partial charge in [0.1, 0.15) is 5.82 Å². The molecule has 1 atom stereocenters. The van der Waals surface area contributed by atoms with Crippen LogP contribution >= 0.6 is 0 Å². The quantitative estimate of drug-likeness (QED) is 0.229. The van der Waals surface area contributed by atoms with E-state index in [0.29, 0.717) is 37.8 Å². The van der Waals surface area contributed by atoms with Crippen molar-refractivity contribution in [3.8, 4) is 16.8 Å². The highest BCUT2D eigenvalue weighted by atomic mass is 19.1. The van der Waals surface area contributed by atoms with Gasteiger partial charge in [0, 0.05) is 31.7 Å². The molecule has 3 aromatic carbocycles. The molecule has 52 heavy (non-hydrogen) atoms. The fourth-order valence-electron chi connectivity index (χ4n) is 7.63. The van der Waals surface area contributed by atoms with Crippen LogP contribution in [0.1, 0.15) is 49.3 Å². The minimum absolute atomic E-state index is 0.0383. The second-order valence-corrected chi connectivity index (χ2v) is 14.3. The molecule has 1 aliphatic heterocycles. The number of halogens is 1. The van der Waals surface area contributed by atoms with Gasteiger partial charge in [-0.15, -0.1) is 0 Å². The van der Waals surface area contributed by atoms with E-state index < -0.39 is 29.1 Å². The van der Waals surface area contributed by atoms with Crippen LogP contribution in [0.2, 0.25) is 0 Å².